The fourth-order valence-electron chi connectivity index (χ4n) is 3.94. The van der Waals surface area contributed by atoms with Gasteiger partial charge in [0.05, 0.1) is 13.2 Å². The van der Waals surface area contributed by atoms with Crippen molar-refractivity contribution in [2.45, 2.75) is 65.3 Å². The fourth-order valence-corrected chi connectivity index (χ4v) is 8.45. The molecule has 1 aromatic heterocycles. The lowest BCUT2D eigenvalue weighted by Crippen LogP contribution is -2.66. The van der Waals surface area contributed by atoms with Crippen molar-refractivity contribution in [2.75, 3.05) is 0 Å². The molecule has 2 N–H and O–H groups in total. The molecule has 0 spiro atoms. The van der Waals surface area contributed by atoms with Crippen LogP contribution >= 0.6 is 0 Å². The van der Waals surface area contributed by atoms with Gasteiger partial charge < -0.3 is 14.5 Å². The van der Waals surface area contributed by atoms with E-state index < -0.39 is 20.0 Å². The number of aromatic nitrogens is 3. The Labute approximate surface area is 197 Å². The minimum absolute atomic E-state index is 0.144. The standard InChI is InChI=1S/C25H34N4O3Si/c1-24(2,3)32-23(30)26-17-21-22(28-29-27-21)18-31-33(25(4,5)6,19-13-9-7-10-14-19)20-15-11-8-12-16-20/h7-16H,17-18H2,1-6H3,(H,26,30)(H,27,28,29). The second kappa shape index (κ2) is 9.89. The minimum atomic E-state index is -2.70. The summed E-state index contributed by atoms with van der Waals surface area (Å²) in [6.45, 7) is 12.6. The summed E-state index contributed by atoms with van der Waals surface area (Å²) >= 11 is 0. The third-order valence-corrected chi connectivity index (χ3v) is 10.3. The van der Waals surface area contributed by atoms with Crippen molar-refractivity contribution in [3.8, 4) is 0 Å². The summed E-state index contributed by atoms with van der Waals surface area (Å²) in [6.07, 6.45) is -0.496. The van der Waals surface area contributed by atoms with Crippen molar-refractivity contribution in [3.05, 3.63) is 72.1 Å². The number of nitrogens with one attached hydrogen (secondary N) is 2. The van der Waals surface area contributed by atoms with Crippen LogP contribution in [0.4, 0.5) is 4.79 Å². The quantitative estimate of drug-likeness (QED) is 0.516. The van der Waals surface area contributed by atoms with E-state index in [0.29, 0.717) is 11.4 Å². The van der Waals surface area contributed by atoms with Crippen LogP contribution in [0.25, 0.3) is 0 Å². The molecule has 1 amide bonds. The highest BCUT2D eigenvalue weighted by Gasteiger charge is 2.50. The Kier molecular flexibility index (Phi) is 7.39. The Morgan fingerprint density at radius 1 is 0.879 bits per heavy atom. The van der Waals surface area contributed by atoms with Crippen LogP contribution in [0.5, 0.6) is 0 Å². The number of carbonyl (C=O) groups excluding carboxylic acids is 1. The molecular formula is C25H34N4O3Si. The number of hydrogen-bond acceptors (Lipinski definition) is 5. The molecule has 7 nitrogen and oxygen atoms in total. The van der Waals surface area contributed by atoms with Crippen LogP contribution in [0.2, 0.25) is 5.04 Å². The zero-order chi connectivity index (χ0) is 24.1. The van der Waals surface area contributed by atoms with Crippen molar-refractivity contribution < 1.29 is 14.0 Å². The van der Waals surface area contributed by atoms with Crippen molar-refractivity contribution in [1.82, 2.24) is 20.7 Å². The average molecular weight is 467 g/mol. The first-order valence-electron chi connectivity index (χ1n) is 11.1. The van der Waals surface area contributed by atoms with Crippen LogP contribution in [0, 0.1) is 0 Å². The highest BCUT2D eigenvalue weighted by Crippen LogP contribution is 2.37. The molecule has 176 valence electrons. The number of aromatic amines is 1. The van der Waals surface area contributed by atoms with E-state index in [2.05, 4.69) is 90.0 Å². The van der Waals surface area contributed by atoms with E-state index in [0.717, 1.165) is 0 Å². The Hall–Kier alpha value is -2.97. The molecule has 0 bridgehead atoms. The SMILES string of the molecule is CC(C)(C)OC(=O)NCc1n[nH]nc1CO[Si](c1ccccc1)(c1ccccc1)C(C)(C)C. The first-order chi connectivity index (χ1) is 15.5. The van der Waals surface area contributed by atoms with Gasteiger partial charge >= 0.3 is 6.09 Å². The fraction of sp³-hybridized carbons (Fsp3) is 0.400. The number of nitrogens with zero attached hydrogens (tertiary/aromatic N) is 2. The Bertz CT molecular complexity index is 1000. The average Bonchev–Trinajstić information content (AvgIpc) is 3.19. The monoisotopic (exact) mass is 466 g/mol. The summed E-state index contributed by atoms with van der Waals surface area (Å²) in [7, 11) is -2.70. The molecule has 2 aromatic carbocycles. The lowest BCUT2D eigenvalue weighted by atomic mass is 10.2. The maximum atomic E-state index is 12.1. The van der Waals surface area contributed by atoms with Gasteiger partial charge in [-0.1, -0.05) is 81.4 Å². The van der Waals surface area contributed by atoms with Crippen LogP contribution in [-0.2, 0) is 22.3 Å². The maximum Gasteiger partial charge on any atom is 0.407 e. The van der Waals surface area contributed by atoms with E-state index in [1.165, 1.54) is 10.4 Å². The minimum Gasteiger partial charge on any atom is -0.444 e. The third-order valence-electron chi connectivity index (χ3n) is 5.34. The molecule has 8 heteroatoms. The number of amides is 1. The van der Waals surface area contributed by atoms with Gasteiger partial charge in [0.25, 0.3) is 8.32 Å². The first-order valence-corrected chi connectivity index (χ1v) is 13.0. The lowest BCUT2D eigenvalue weighted by molar-refractivity contribution is 0.0522. The van der Waals surface area contributed by atoms with Gasteiger partial charge in [0, 0.05) is 0 Å². The summed E-state index contributed by atoms with van der Waals surface area (Å²) in [5.74, 6) is 0. The van der Waals surface area contributed by atoms with Gasteiger partial charge in [-0.15, -0.1) is 0 Å². The first kappa shape index (κ1) is 24.7. The molecule has 0 aliphatic rings. The molecule has 1 heterocycles. The summed E-state index contributed by atoms with van der Waals surface area (Å²) in [6, 6.07) is 20.9. The normalized spacial score (nSPS) is 12.4. The summed E-state index contributed by atoms with van der Waals surface area (Å²) in [4.78, 5) is 12.1. The van der Waals surface area contributed by atoms with E-state index in [1.807, 2.05) is 32.9 Å². The molecule has 0 saturated heterocycles. The predicted octanol–water partition coefficient (Wildman–Crippen LogP) is 3.91. The largest absolute Gasteiger partial charge is 0.444 e. The Morgan fingerprint density at radius 3 is 1.88 bits per heavy atom. The number of carbonyl (C=O) groups is 1. The summed E-state index contributed by atoms with van der Waals surface area (Å²) in [5.41, 5.74) is 0.723. The number of ether oxygens (including phenoxy) is 1. The van der Waals surface area contributed by atoms with Gasteiger partial charge in [-0.3, -0.25) is 0 Å². The maximum absolute atomic E-state index is 12.1. The Balaban J connectivity index is 1.88. The van der Waals surface area contributed by atoms with Crippen molar-refractivity contribution in [2.24, 2.45) is 0 Å². The smallest absolute Gasteiger partial charge is 0.407 e. The van der Waals surface area contributed by atoms with Crippen molar-refractivity contribution in [3.63, 3.8) is 0 Å². The number of H-pyrrole nitrogens is 1. The molecule has 0 aliphatic heterocycles. The predicted molar refractivity (Wildman–Crippen MR) is 132 cm³/mol. The molecular weight excluding hydrogens is 432 g/mol. The number of benzene rings is 2. The van der Waals surface area contributed by atoms with Crippen molar-refractivity contribution >= 4 is 24.8 Å². The van der Waals surface area contributed by atoms with Gasteiger partial charge in [-0.05, 0) is 36.2 Å². The Morgan fingerprint density at radius 2 is 1.39 bits per heavy atom. The molecule has 33 heavy (non-hydrogen) atoms. The number of rotatable bonds is 7. The highest BCUT2D eigenvalue weighted by molar-refractivity contribution is 6.99. The molecule has 0 radical (unpaired) electrons. The van der Waals surface area contributed by atoms with E-state index >= 15 is 0 Å². The second-order valence-corrected chi connectivity index (χ2v) is 14.3. The molecule has 3 aromatic rings. The van der Waals surface area contributed by atoms with Gasteiger partial charge in [-0.25, -0.2) is 4.79 Å². The van der Waals surface area contributed by atoms with E-state index in [-0.39, 0.29) is 18.2 Å². The molecule has 0 unspecified atom stereocenters. The topological polar surface area (TPSA) is 89.1 Å². The van der Waals surface area contributed by atoms with E-state index in [1.54, 1.807) is 0 Å². The molecule has 0 atom stereocenters. The van der Waals surface area contributed by atoms with E-state index in [9.17, 15) is 4.79 Å². The van der Waals surface area contributed by atoms with E-state index in [4.69, 9.17) is 9.16 Å². The number of alkyl carbamates (subject to hydrolysis) is 1. The van der Waals surface area contributed by atoms with Crippen LogP contribution in [-0.4, -0.2) is 35.4 Å². The van der Waals surface area contributed by atoms with Crippen LogP contribution < -0.4 is 15.7 Å². The van der Waals surface area contributed by atoms with Crippen molar-refractivity contribution in [1.29, 1.82) is 0 Å². The van der Waals surface area contributed by atoms with Gasteiger partial charge in [0.2, 0.25) is 0 Å². The van der Waals surface area contributed by atoms with Crippen LogP contribution in [0.15, 0.2) is 60.7 Å². The molecule has 0 aliphatic carbocycles. The molecule has 3 rings (SSSR count). The van der Waals surface area contributed by atoms with Crippen LogP contribution in [0.3, 0.4) is 0 Å². The zero-order valence-electron chi connectivity index (χ0n) is 20.3. The molecule has 0 saturated carbocycles. The summed E-state index contributed by atoms with van der Waals surface area (Å²) in [5, 5.41) is 16.2. The third kappa shape index (κ3) is 5.88. The van der Waals surface area contributed by atoms with Gasteiger partial charge in [0.1, 0.15) is 17.0 Å². The summed E-state index contributed by atoms with van der Waals surface area (Å²) < 4.78 is 12.2. The van der Waals surface area contributed by atoms with Gasteiger partial charge in [-0.2, -0.15) is 15.4 Å². The zero-order valence-corrected chi connectivity index (χ0v) is 21.3. The van der Waals surface area contributed by atoms with Gasteiger partial charge in [0.15, 0.2) is 0 Å². The molecule has 0 fully saturated rings. The lowest BCUT2D eigenvalue weighted by Gasteiger charge is -2.42. The second-order valence-electron chi connectivity index (χ2n) is 10.0. The highest BCUT2D eigenvalue weighted by atomic mass is 28.4. The van der Waals surface area contributed by atoms with Crippen LogP contribution in [0.1, 0.15) is 52.9 Å². The number of hydrogen-bond donors (Lipinski definition) is 2.